The van der Waals surface area contributed by atoms with Crippen molar-refractivity contribution in [3.63, 3.8) is 0 Å². The highest BCUT2D eigenvalue weighted by Crippen LogP contribution is 2.15. The predicted molar refractivity (Wildman–Crippen MR) is 71.2 cm³/mol. The van der Waals surface area contributed by atoms with Crippen LogP contribution in [0.5, 0.6) is 0 Å². The van der Waals surface area contributed by atoms with Crippen LogP contribution in [0.2, 0.25) is 0 Å². The lowest BCUT2D eigenvalue weighted by molar-refractivity contribution is 0.155. The van der Waals surface area contributed by atoms with Gasteiger partial charge in [0.1, 0.15) is 0 Å². The fourth-order valence-electron chi connectivity index (χ4n) is 2.25. The van der Waals surface area contributed by atoms with Gasteiger partial charge in [-0.25, -0.2) is 0 Å². The molecule has 0 aromatic carbocycles. The van der Waals surface area contributed by atoms with Crippen molar-refractivity contribution in [2.45, 2.75) is 45.1 Å². The van der Waals surface area contributed by atoms with Crippen molar-refractivity contribution in [3.8, 4) is 0 Å². The monoisotopic (exact) mass is 250 g/mol. The van der Waals surface area contributed by atoms with Crippen molar-refractivity contribution in [2.75, 3.05) is 26.2 Å². The van der Waals surface area contributed by atoms with E-state index >= 15 is 0 Å². The lowest BCUT2D eigenvalue weighted by Gasteiger charge is -2.32. The van der Waals surface area contributed by atoms with Crippen molar-refractivity contribution in [1.82, 2.24) is 10.6 Å². The normalized spacial score (nSPS) is 21.2. The minimum atomic E-state index is -0.0698. The third kappa shape index (κ3) is 5.48. The Balaban J connectivity index is 0.00000225. The molecule has 1 atom stereocenters. The first kappa shape index (κ1) is 16.2. The molecular formula is C12H27ClN2O. The van der Waals surface area contributed by atoms with Crippen molar-refractivity contribution < 1.29 is 5.11 Å². The molecule has 0 aliphatic carbocycles. The summed E-state index contributed by atoms with van der Waals surface area (Å²) in [7, 11) is 0. The van der Waals surface area contributed by atoms with Gasteiger partial charge in [0.15, 0.2) is 0 Å². The minimum absolute atomic E-state index is 0. The van der Waals surface area contributed by atoms with E-state index in [0.717, 1.165) is 38.4 Å². The van der Waals surface area contributed by atoms with Gasteiger partial charge in [-0.2, -0.15) is 0 Å². The Hall–Kier alpha value is 0.170. The second kappa shape index (κ2) is 8.29. The van der Waals surface area contributed by atoms with Crippen LogP contribution in [-0.4, -0.2) is 36.9 Å². The van der Waals surface area contributed by atoms with Crippen LogP contribution in [-0.2, 0) is 0 Å². The summed E-state index contributed by atoms with van der Waals surface area (Å²) >= 11 is 0. The maximum absolute atomic E-state index is 9.37. The van der Waals surface area contributed by atoms with Crippen LogP contribution in [0.4, 0.5) is 0 Å². The average molecular weight is 251 g/mol. The summed E-state index contributed by atoms with van der Waals surface area (Å²) in [5, 5.41) is 16.3. The van der Waals surface area contributed by atoms with E-state index in [4.69, 9.17) is 0 Å². The lowest BCUT2D eigenvalue weighted by Crippen LogP contribution is -2.48. The molecule has 1 fully saturated rings. The molecular weight excluding hydrogens is 224 g/mol. The number of aliphatic hydroxyl groups is 1. The van der Waals surface area contributed by atoms with Gasteiger partial charge in [0.05, 0.1) is 6.61 Å². The van der Waals surface area contributed by atoms with Gasteiger partial charge in [-0.1, -0.05) is 13.3 Å². The molecule has 0 spiro atoms. The molecule has 0 saturated carbocycles. The summed E-state index contributed by atoms with van der Waals surface area (Å²) in [4.78, 5) is 0. The SMILES string of the molecule is CCCC(C)(CO)NCC1CCNCC1.Cl. The number of hydrogen-bond acceptors (Lipinski definition) is 3. The Morgan fingerprint density at radius 3 is 2.50 bits per heavy atom. The van der Waals surface area contributed by atoms with E-state index in [1.165, 1.54) is 12.8 Å². The number of nitrogens with one attached hydrogen (secondary N) is 2. The number of aliphatic hydroxyl groups excluding tert-OH is 1. The predicted octanol–water partition coefficient (Wildman–Crippen LogP) is 1.55. The molecule has 4 heteroatoms. The van der Waals surface area contributed by atoms with Crippen LogP contribution in [0.15, 0.2) is 0 Å². The Morgan fingerprint density at radius 2 is 2.00 bits per heavy atom. The van der Waals surface area contributed by atoms with E-state index in [2.05, 4.69) is 24.5 Å². The van der Waals surface area contributed by atoms with E-state index in [1.54, 1.807) is 0 Å². The molecule has 0 bridgehead atoms. The van der Waals surface area contributed by atoms with E-state index in [1.807, 2.05) is 0 Å². The molecule has 1 saturated heterocycles. The summed E-state index contributed by atoms with van der Waals surface area (Å²) in [5.74, 6) is 0.786. The Kier molecular flexibility index (Phi) is 8.38. The molecule has 0 aromatic rings. The van der Waals surface area contributed by atoms with E-state index in [0.29, 0.717) is 0 Å². The maximum atomic E-state index is 9.37. The third-order valence-corrected chi connectivity index (χ3v) is 3.43. The molecule has 16 heavy (non-hydrogen) atoms. The standard InChI is InChI=1S/C12H26N2O.ClH/c1-3-6-12(2,10-15)14-9-11-4-7-13-8-5-11;/h11,13-15H,3-10H2,1-2H3;1H. The highest BCUT2D eigenvalue weighted by molar-refractivity contribution is 5.85. The molecule has 1 aliphatic rings. The zero-order chi connectivity index (χ0) is 11.1. The Morgan fingerprint density at radius 1 is 1.38 bits per heavy atom. The first-order valence-electron chi connectivity index (χ1n) is 6.27. The third-order valence-electron chi connectivity index (χ3n) is 3.43. The molecule has 0 radical (unpaired) electrons. The number of hydrogen-bond donors (Lipinski definition) is 3. The van der Waals surface area contributed by atoms with Crippen molar-refractivity contribution >= 4 is 12.4 Å². The molecule has 3 N–H and O–H groups in total. The second-order valence-electron chi connectivity index (χ2n) is 5.04. The summed E-state index contributed by atoms with van der Waals surface area (Å²) in [6.45, 7) is 7.88. The van der Waals surface area contributed by atoms with E-state index in [9.17, 15) is 5.11 Å². The molecule has 1 unspecified atom stereocenters. The smallest absolute Gasteiger partial charge is 0.0610 e. The van der Waals surface area contributed by atoms with Crippen LogP contribution in [0.1, 0.15) is 39.5 Å². The Labute approximate surface area is 106 Å². The summed E-state index contributed by atoms with van der Waals surface area (Å²) in [6.07, 6.45) is 4.70. The van der Waals surface area contributed by atoms with Gasteiger partial charge in [-0.05, 0) is 51.7 Å². The first-order chi connectivity index (χ1) is 7.20. The van der Waals surface area contributed by atoms with Gasteiger partial charge in [0.2, 0.25) is 0 Å². The maximum Gasteiger partial charge on any atom is 0.0610 e. The molecule has 1 heterocycles. The van der Waals surface area contributed by atoms with Gasteiger partial charge in [0.25, 0.3) is 0 Å². The van der Waals surface area contributed by atoms with Crippen LogP contribution < -0.4 is 10.6 Å². The van der Waals surface area contributed by atoms with E-state index < -0.39 is 0 Å². The van der Waals surface area contributed by atoms with Gasteiger partial charge >= 0.3 is 0 Å². The molecule has 0 aromatic heterocycles. The van der Waals surface area contributed by atoms with E-state index in [-0.39, 0.29) is 24.6 Å². The average Bonchev–Trinajstić information content (AvgIpc) is 2.28. The van der Waals surface area contributed by atoms with Crippen LogP contribution >= 0.6 is 12.4 Å². The number of rotatable bonds is 6. The fourth-order valence-corrected chi connectivity index (χ4v) is 2.25. The zero-order valence-electron chi connectivity index (χ0n) is 10.6. The molecule has 1 aliphatic heterocycles. The van der Waals surface area contributed by atoms with Gasteiger partial charge in [-0.15, -0.1) is 12.4 Å². The van der Waals surface area contributed by atoms with Gasteiger partial charge < -0.3 is 15.7 Å². The first-order valence-corrected chi connectivity index (χ1v) is 6.27. The lowest BCUT2D eigenvalue weighted by atomic mass is 9.93. The molecule has 0 amide bonds. The fraction of sp³-hybridized carbons (Fsp3) is 1.00. The van der Waals surface area contributed by atoms with Crippen LogP contribution in [0, 0.1) is 5.92 Å². The molecule has 3 nitrogen and oxygen atoms in total. The van der Waals surface area contributed by atoms with Crippen molar-refractivity contribution in [2.24, 2.45) is 5.92 Å². The highest BCUT2D eigenvalue weighted by atomic mass is 35.5. The van der Waals surface area contributed by atoms with Crippen LogP contribution in [0.25, 0.3) is 0 Å². The zero-order valence-corrected chi connectivity index (χ0v) is 11.4. The van der Waals surface area contributed by atoms with Crippen molar-refractivity contribution in [3.05, 3.63) is 0 Å². The molecule has 98 valence electrons. The molecule has 1 rings (SSSR count). The Bertz CT molecular complexity index is 174. The van der Waals surface area contributed by atoms with Gasteiger partial charge in [-0.3, -0.25) is 0 Å². The highest BCUT2D eigenvalue weighted by Gasteiger charge is 2.23. The summed E-state index contributed by atoms with van der Waals surface area (Å²) in [6, 6.07) is 0. The summed E-state index contributed by atoms with van der Waals surface area (Å²) < 4.78 is 0. The number of piperidine rings is 1. The quantitative estimate of drug-likeness (QED) is 0.670. The van der Waals surface area contributed by atoms with Crippen molar-refractivity contribution in [1.29, 1.82) is 0 Å². The topological polar surface area (TPSA) is 44.3 Å². The van der Waals surface area contributed by atoms with Gasteiger partial charge in [0, 0.05) is 5.54 Å². The largest absolute Gasteiger partial charge is 0.394 e. The summed E-state index contributed by atoms with van der Waals surface area (Å²) in [5.41, 5.74) is -0.0698. The minimum Gasteiger partial charge on any atom is -0.394 e. The second-order valence-corrected chi connectivity index (χ2v) is 5.04. The number of halogens is 1. The van der Waals surface area contributed by atoms with Crippen LogP contribution in [0.3, 0.4) is 0 Å².